The van der Waals surface area contributed by atoms with Crippen molar-refractivity contribution in [1.82, 2.24) is 4.98 Å². The highest BCUT2D eigenvalue weighted by atomic mass is 35.5. The van der Waals surface area contributed by atoms with Crippen LogP contribution in [0.4, 0.5) is 5.69 Å². The number of hydrogen-bond donors (Lipinski definition) is 1. The van der Waals surface area contributed by atoms with Crippen LogP contribution < -0.4 is 10.9 Å². The fourth-order valence-electron chi connectivity index (χ4n) is 2.67. The molecular formula is C21H11Cl2N3O2S. The van der Waals surface area contributed by atoms with Crippen molar-refractivity contribution < 1.29 is 4.42 Å². The Morgan fingerprint density at radius 1 is 1.21 bits per heavy atom. The molecule has 5 nitrogen and oxygen atoms in total. The minimum absolute atomic E-state index is 0.294. The second-order valence-corrected chi connectivity index (χ2v) is 7.58. The molecule has 0 unspecified atom stereocenters. The molecule has 0 radical (unpaired) electrons. The number of para-hydroxylation sites is 1. The van der Waals surface area contributed by atoms with Gasteiger partial charge in [-0.3, -0.25) is 0 Å². The maximum Gasteiger partial charge on any atom is 0.345 e. The van der Waals surface area contributed by atoms with E-state index in [4.69, 9.17) is 27.6 Å². The van der Waals surface area contributed by atoms with Gasteiger partial charge in [0.05, 0.1) is 27.0 Å². The van der Waals surface area contributed by atoms with Gasteiger partial charge in [0.2, 0.25) is 0 Å². The first-order valence-corrected chi connectivity index (χ1v) is 10.0. The first kappa shape index (κ1) is 19.2. The second kappa shape index (κ2) is 8.10. The van der Waals surface area contributed by atoms with Crippen molar-refractivity contribution in [2.75, 3.05) is 5.32 Å². The number of rotatable bonds is 4. The molecule has 0 bridgehead atoms. The Morgan fingerprint density at radius 2 is 2.03 bits per heavy atom. The van der Waals surface area contributed by atoms with Crippen molar-refractivity contribution in [3.8, 4) is 17.3 Å². The molecule has 2 aromatic heterocycles. The summed E-state index contributed by atoms with van der Waals surface area (Å²) in [6.45, 7) is 0. The lowest BCUT2D eigenvalue weighted by atomic mass is 10.1. The number of aromatic nitrogens is 1. The summed E-state index contributed by atoms with van der Waals surface area (Å²) >= 11 is 13.4. The topological polar surface area (TPSA) is 78.9 Å². The van der Waals surface area contributed by atoms with Gasteiger partial charge in [-0.1, -0.05) is 47.5 Å². The van der Waals surface area contributed by atoms with E-state index in [1.54, 1.807) is 41.8 Å². The third-order valence-electron chi connectivity index (χ3n) is 4.10. The molecule has 0 amide bonds. The predicted octanol–water partition coefficient (Wildman–Crippen LogP) is 6.20. The van der Waals surface area contributed by atoms with Crippen LogP contribution in [0, 0.1) is 11.3 Å². The van der Waals surface area contributed by atoms with Gasteiger partial charge < -0.3 is 9.73 Å². The van der Waals surface area contributed by atoms with Crippen LogP contribution in [0.2, 0.25) is 10.0 Å². The van der Waals surface area contributed by atoms with Crippen LogP contribution >= 0.6 is 34.5 Å². The molecule has 8 heteroatoms. The number of anilines is 1. The molecule has 0 saturated carbocycles. The highest BCUT2D eigenvalue weighted by Crippen LogP contribution is 2.31. The molecule has 4 rings (SSSR count). The monoisotopic (exact) mass is 439 g/mol. The molecule has 0 spiro atoms. The van der Waals surface area contributed by atoms with Crippen LogP contribution in [0.25, 0.3) is 27.8 Å². The molecule has 0 aliphatic carbocycles. The Balaban J connectivity index is 1.67. The summed E-state index contributed by atoms with van der Waals surface area (Å²) in [6.07, 6.45) is 1.50. The highest BCUT2D eigenvalue weighted by Gasteiger charge is 2.14. The van der Waals surface area contributed by atoms with Crippen LogP contribution in [0.5, 0.6) is 0 Å². The second-order valence-electron chi connectivity index (χ2n) is 5.94. The van der Waals surface area contributed by atoms with E-state index in [-0.39, 0.29) is 0 Å². The fourth-order valence-corrected chi connectivity index (χ4v) is 3.81. The van der Waals surface area contributed by atoms with Crippen molar-refractivity contribution in [3.05, 3.63) is 85.6 Å². The highest BCUT2D eigenvalue weighted by molar-refractivity contribution is 7.11. The van der Waals surface area contributed by atoms with E-state index in [0.717, 1.165) is 5.39 Å². The van der Waals surface area contributed by atoms with Crippen LogP contribution in [-0.2, 0) is 0 Å². The van der Waals surface area contributed by atoms with Gasteiger partial charge in [0.1, 0.15) is 22.2 Å². The molecule has 0 atom stereocenters. The number of nitriles is 1. The van der Waals surface area contributed by atoms with Crippen molar-refractivity contribution in [1.29, 1.82) is 5.26 Å². The molecule has 4 aromatic rings. The molecule has 0 aliphatic rings. The van der Waals surface area contributed by atoms with Crippen LogP contribution in [0.3, 0.4) is 0 Å². The van der Waals surface area contributed by atoms with Crippen LogP contribution in [-0.4, -0.2) is 4.98 Å². The van der Waals surface area contributed by atoms with E-state index in [0.29, 0.717) is 43.2 Å². The summed E-state index contributed by atoms with van der Waals surface area (Å²) in [7, 11) is 0. The number of hydrogen-bond acceptors (Lipinski definition) is 6. The Bertz CT molecular complexity index is 1350. The van der Waals surface area contributed by atoms with E-state index >= 15 is 0 Å². The fraction of sp³-hybridized carbons (Fsp3) is 0. The summed E-state index contributed by atoms with van der Waals surface area (Å²) in [5, 5.41) is 16.2. The van der Waals surface area contributed by atoms with E-state index < -0.39 is 5.63 Å². The molecule has 2 heterocycles. The number of halogens is 2. The van der Waals surface area contributed by atoms with Gasteiger partial charge in [0.15, 0.2) is 0 Å². The standard InChI is InChI=1S/C21H11Cl2N3O2S/c22-15-5-3-6-16(19(15)23)25-10-13(9-24)20-26-17(11-29-20)14-8-12-4-1-2-7-18(12)28-21(14)27/h1-8,10-11,25H. The predicted molar refractivity (Wildman–Crippen MR) is 117 cm³/mol. The average Bonchev–Trinajstić information content (AvgIpc) is 3.20. The van der Waals surface area contributed by atoms with Gasteiger partial charge in [0.25, 0.3) is 0 Å². The molecule has 2 aromatic carbocycles. The van der Waals surface area contributed by atoms with Gasteiger partial charge >= 0.3 is 5.63 Å². The quantitative estimate of drug-likeness (QED) is 0.302. The summed E-state index contributed by atoms with van der Waals surface area (Å²) in [4.78, 5) is 16.8. The minimum Gasteiger partial charge on any atom is -0.422 e. The zero-order chi connectivity index (χ0) is 20.4. The smallest absolute Gasteiger partial charge is 0.345 e. The van der Waals surface area contributed by atoms with E-state index in [2.05, 4.69) is 16.4 Å². The first-order chi connectivity index (χ1) is 14.1. The maximum absolute atomic E-state index is 12.3. The largest absolute Gasteiger partial charge is 0.422 e. The van der Waals surface area contributed by atoms with E-state index in [1.165, 1.54) is 17.5 Å². The number of thiazole rings is 1. The van der Waals surface area contributed by atoms with E-state index in [1.807, 2.05) is 12.1 Å². The summed E-state index contributed by atoms with van der Waals surface area (Å²) in [6, 6.07) is 16.3. The zero-order valence-electron chi connectivity index (χ0n) is 14.6. The van der Waals surface area contributed by atoms with Crippen molar-refractivity contribution >= 4 is 56.8 Å². The third-order valence-corrected chi connectivity index (χ3v) is 5.79. The number of nitrogens with zero attached hydrogens (tertiary/aromatic N) is 2. The Hall–Kier alpha value is -3.11. The van der Waals surface area contributed by atoms with Crippen molar-refractivity contribution in [2.24, 2.45) is 0 Å². The number of benzene rings is 2. The number of nitrogens with one attached hydrogen (secondary N) is 1. The third kappa shape index (κ3) is 3.89. The Labute approximate surface area is 179 Å². The molecule has 29 heavy (non-hydrogen) atoms. The van der Waals surface area contributed by atoms with Gasteiger partial charge in [0, 0.05) is 17.0 Å². The van der Waals surface area contributed by atoms with Gasteiger partial charge in [-0.05, 0) is 24.3 Å². The molecule has 0 fully saturated rings. The Morgan fingerprint density at radius 3 is 2.86 bits per heavy atom. The Kier molecular flexibility index (Phi) is 5.36. The molecule has 142 valence electrons. The van der Waals surface area contributed by atoms with Crippen LogP contribution in [0.1, 0.15) is 5.01 Å². The lowest BCUT2D eigenvalue weighted by Gasteiger charge is -2.05. The van der Waals surface area contributed by atoms with Gasteiger partial charge in [-0.2, -0.15) is 5.26 Å². The number of allylic oxidation sites excluding steroid dienone is 1. The summed E-state index contributed by atoms with van der Waals surface area (Å²) in [5.74, 6) is 0. The van der Waals surface area contributed by atoms with Crippen molar-refractivity contribution in [2.45, 2.75) is 0 Å². The van der Waals surface area contributed by atoms with E-state index in [9.17, 15) is 10.1 Å². The maximum atomic E-state index is 12.3. The molecular weight excluding hydrogens is 429 g/mol. The summed E-state index contributed by atoms with van der Waals surface area (Å²) < 4.78 is 5.36. The first-order valence-electron chi connectivity index (χ1n) is 8.37. The van der Waals surface area contributed by atoms with Crippen LogP contribution in [0.15, 0.2) is 69.3 Å². The lowest BCUT2D eigenvalue weighted by molar-refractivity contribution is 0.563. The zero-order valence-corrected chi connectivity index (χ0v) is 17.0. The number of fused-ring (bicyclic) bond motifs is 1. The van der Waals surface area contributed by atoms with Gasteiger partial charge in [-0.15, -0.1) is 11.3 Å². The lowest BCUT2D eigenvalue weighted by Crippen LogP contribution is -2.02. The summed E-state index contributed by atoms with van der Waals surface area (Å²) in [5.41, 5.74) is 1.69. The molecule has 0 aliphatic heterocycles. The van der Waals surface area contributed by atoms with Crippen molar-refractivity contribution in [3.63, 3.8) is 0 Å². The average molecular weight is 440 g/mol. The minimum atomic E-state index is -0.480. The van der Waals surface area contributed by atoms with Gasteiger partial charge in [-0.25, -0.2) is 9.78 Å². The molecule has 1 N–H and O–H groups in total. The SMILES string of the molecule is N#CC(=CNc1cccc(Cl)c1Cl)c1nc(-c2cc3ccccc3oc2=O)cs1. The molecule has 0 saturated heterocycles. The normalized spacial score (nSPS) is 11.4.